The van der Waals surface area contributed by atoms with Crippen LogP contribution in [0.5, 0.6) is 0 Å². The Morgan fingerprint density at radius 3 is 2.44 bits per heavy atom. The van der Waals surface area contributed by atoms with Crippen LogP contribution in [0.25, 0.3) is 0 Å². The van der Waals surface area contributed by atoms with Crippen molar-refractivity contribution < 1.29 is 15.3 Å². The maximum atomic E-state index is 9.90. The molecule has 1 rings (SSSR count). The van der Waals surface area contributed by atoms with E-state index in [-0.39, 0.29) is 13.2 Å². The Morgan fingerprint density at radius 1 is 1.25 bits per heavy atom. The van der Waals surface area contributed by atoms with Crippen LogP contribution in [0.3, 0.4) is 0 Å². The minimum absolute atomic E-state index is 0.0137. The van der Waals surface area contributed by atoms with Gasteiger partial charge in [-0.2, -0.15) is 0 Å². The normalized spacial score (nSPS) is 13.0. The summed E-state index contributed by atoms with van der Waals surface area (Å²) in [4.78, 5) is 5.73. The molecular weight excluding hydrogens is 208 g/mol. The summed E-state index contributed by atoms with van der Waals surface area (Å²) in [6, 6.07) is 3.56. The first-order valence-electron chi connectivity index (χ1n) is 5.30. The molecule has 0 fully saturated rings. The standard InChI is InChI=1S/C11H18N2O3/c14-6-4-13(5-7-15)9-11(16)10-2-1-3-12-8-10/h1-3,8,11,14-16H,4-7,9H2. The third-order valence-electron chi connectivity index (χ3n) is 2.33. The molecule has 0 aromatic carbocycles. The number of hydrogen-bond acceptors (Lipinski definition) is 5. The number of aliphatic hydroxyl groups excluding tert-OH is 3. The van der Waals surface area contributed by atoms with Gasteiger partial charge in [0.25, 0.3) is 0 Å². The maximum Gasteiger partial charge on any atom is 0.0931 e. The fourth-order valence-electron chi connectivity index (χ4n) is 1.50. The maximum absolute atomic E-state index is 9.90. The topological polar surface area (TPSA) is 76.8 Å². The Bertz CT molecular complexity index is 276. The van der Waals surface area contributed by atoms with E-state index < -0.39 is 6.10 Å². The molecule has 1 aromatic rings. The van der Waals surface area contributed by atoms with Gasteiger partial charge in [0, 0.05) is 37.6 Å². The number of aromatic nitrogens is 1. The van der Waals surface area contributed by atoms with E-state index in [0.29, 0.717) is 19.6 Å². The van der Waals surface area contributed by atoms with Crippen LogP contribution in [-0.4, -0.2) is 58.1 Å². The van der Waals surface area contributed by atoms with Crippen LogP contribution in [-0.2, 0) is 0 Å². The molecule has 5 nitrogen and oxygen atoms in total. The summed E-state index contributed by atoms with van der Waals surface area (Å²) in [5.74, 6) is 0. The largest absolute Gasteiger partial charge is 0.395 e. The zero-order chi connectivity index (χ0) is 11.8. The lowest BCUT2D eigenvalue weighted by Gasteiger charge is -2.23. The van der Waals surface area contributed by atoms with Gasteiger partial charge in [-0.05, 0) is 6.07 Å². The zero-order valence-corrected chi connectivity index (χ0v) is 9.16. The van der Waals surface area contributed by atoms with Crippen molar-refractivity contribution in [3.8, 4) is 0 Å². The Labute approximate surface area is 95.0 Å². The molecule has 0 saturated carbocycles. The Hall–Kier alpha value is -1.01. The molecule has 16 heavy (non-hydrogen) atoms. The first-order chi connectivity index (χ1) is 7.77. The number of aliphatic hydroxyl groups is 3. The Kier molecular flexibility index (Phi) is 5.95. The summed E-state index contributed by atoms with van der Waals surface area (Å²) < 4.78 is 0. The molecule has 1 heterocycles. The fourth-order valence-corrected chi connectivity index (χ4v) is 1.50. The van der Waals surface area contributed by atoms with Crippen molar-refractivity contribution in [2.75, 3.05) is 32.8 Å². The molecule has 90 valence electrons. The summed E-state index contributed by atoms with van der Waals surface area (Å²) in [6.07, 6.45) is 2.61. The van der Waals surface area contributed by atoms with Crippen LogP contribution in [0.2, 0.25) is 0 Å². The second-order valence-corrected chi connectivity index (χ2v) is 3.55. The summed E-state index contributed by atoms with van der Waals surface area (Å²) in [5, 5.41) is 27.6. The van der Waals surface area contributed by atoms with E-state index in [1.165, 1.54) is 0 Å². The molecular formula is C11H18N2O3. The third-order valence-corrected chi connectivity index (χ3v) is 2.33. The predicted molar refractivity (Wildman–Crippen MR) is 59.8 cm³/mol. The van der Waals surface area contributed by atoms with Gasteiger partial charge in [0.2, 0.25) is 0 Å². The van der Waals surface area contributed by atoms with Crippen molar-refractivity contribution in [1.82, 2.24) is 9.88 Å². The first kappa shape index (κ1) is 13.1. The molecule has 0 radical (unpaired) electrons. The van der Waals surface area contributed by atoms with Crippen molar-refractivity contribution in [2.24, 2.45) is 0 Å². The second-order valence-electron chi connectivity index (χ2n) is 3.55. The van der Waals surface area contributed by atoms with Crippen molar-refractivity contribution >= 4 is 0 Å². The average molecular weight is 226 g/mol. The van der Waals surface area contributed by atoms with E-state index in [2.05, 4.69) is 4.98 Å². The van der Waals surface area contributed by atoms with Gasteiger partial charge in [0.05, 0.1) is 19.3 Å². The SMILES string of the molecule is OCCN(CCO)CC(O)c1cccnc1. The number of rotatable bonds is 7. The van der Waals surface area contributed by atoms with E-state index in [4.69, 9.17) is 10.2 Å². The molecule has 0 aliphatic heterocycles. The molecule has 0 spiro atoms. The van der Waals surface area contributed by atoms with Crippen molar-refractivity contribution in [2.45, 2.75) is 6.10 Å². The minimum Gasteiger partial charge on any atom is -0.395 e. The molecule has 5 heteroatoms. The van der Waals surface area contributed by atoms with Crippen molar-refractivity contribution in [1.29, 1.82) is 0 Å². The first-order valence-corrected chi connectivity index (χ1v) is 5.30. The van der Waals surface area contributed by atoms with Crippen molar-refractivity contribution in [3.63, 3.8) is 0 Å². The molecule has 0 bridgehead atoms. The summed E-state index contributed by atoms with van der Waals surface area (Å²) in [5.41, 5.74) is 0.739. The second kappa shape index (κ2) is 7.29. The quantitative estimate of drug-likeness (QED) is 0.579. The molecule has 0 amide bonds. The Morgan fingerprint density at radius 2 is 1.94 bits per heavy atom. The van der Waals surface area contributed by atoms with Gasteiger partial charge in [-0.1, -0.05) is 6.07 Å². The molecule has 0 saturated heterocycles. The molecule has 1 atom stereocenters. The van der Waals surface area contributed by atoms with Gasteiger partial charge in [-0.25, -0.2) is 0 Å². The van der Waals surface area contributed by atoms with E-state index in [1.54, 1.807) is 29.4 Å². The highest BCUT2D eigenvalue weighted by Crippen LogP contribution is 2.12. The molecule has 0 aliphatic rings. The van der Waals surface area contributed by atoms with Crippen LogP contribution in [0.1, 0.15) is 11.7 Å². The minimum atomic E-state index is -0.646. The molecule has 3 N–H and O–H groups in total. The van der Waals surface area contributed by atoms with Crippen LogP contribution < -0.4 is 0 Å². The number of hydrogen-bond donors (Lipinski definition) is 3. The van der Waals surface area contributed by atoms with Gasteiger partial charge in [0.15, 0.2) is 0 Å². The highest BCUT2D eigenvalue weighted by atomic mass is 16.3. The number of pyridine rings is 1. The third kappa shape index (κ3) is 4.24. The van der Waals surface area contributed by atoms with Gasteiger partial charge in [-0.3, -0.25) is 9.88 Å². The lowest BCUT2D eigenvalue weighted by Crippen LogP contribution is -2.33. The van der Waals surface area contributed by atoms with E-state index >= 15 is 0 Å². The smallest absolute Gasteiger partial charge is 0.0931 e. The summed E-state index contributed by atoms with van der Waals surface area (Å²) >= 11 is 0. The molecule has 1 aromatic heterocycles. The lowest BCUT2D eigenvalue weighted by atomic mass is 10.1. The van der Waals surface area contributed by atoms with E-state index in [1.807, 2.05) is 0 Å². The highest BCUT2D eigenvalue weighted by molar-refractivity contribution is 5.12. The Balaban J connectivity index is 2.50. The number of nitrogens with zero attached hydrogens (tertiary/aromatic N) is 2. The van der Waals surface area contributed by atoms with Gasteiger partial charge >= 0.3 is 0 Å². The summed E-state index contributed by atoms with van der Waals surface area (Å²) in [6.45, 7) is 1.29. The van der Waals surface area contributed by atoms with Gasteiger partial charge < -0.3 is 15.3 Å². The fraction of sp³-hybridized carbons (Fsp3) is 0.545. The summed E-state index contributed by atoms with van der Waals surface area (Å²) in [7, 11) is 0. The van der Waals surface area contributed by atoms with Crippen LogP contribution in [0, 0.1) is 0 Å². The average Bonchev–Trinajstić information content (AvgIpc) is 2.31. The van der Waals surface area contributed by atoms with Crippen molar-refractivity contribution in [3.05, 3.63) is 30.1 Å². The van der Waals surface area contributed by atoms with Crippen LogP contribution in [0.15, 0.2) is 24.5 Å². The predicted octanol–water partition coefficient (Wildman–Crippen LogP) is -0.598. The van der Waals surface area contributed by atoms with Gasteiger partial charge in [0.1, 0.15) is 0 Å². The van der Waals surface area contributed by atoms with E-state index in [0.717, 1.165) is 5.56 Å². The van der Waals surface area contributed by atoms with Crippen LogP contribution >= 0.6 is 0 Å². The lowest BCUT2D eigenvalue weighted by molar-refractivity contribution is 0.0873. The van der Waals surface area contributed by atoms with Gasteiger partial charge in [-0.15, -0.1) is 0 Å². The monoisotopic (exact) mass is 226 g/mol. The molecule has 0 aliphatic carbocycles. The molecule has 1 unspecified atom stereocenters. The van der Waals surface area contributed by atoms with E-state index in [9.17, 15) is 5.11 Å². The van der Waals surface area contributed by atoms with Crippen LogP contribution in [0.4, 0.5) is 0 Å². The zero-order valence-electron chi connectivity index (χ0n) is 9.16. The highest BCUT2D eigenvalue weighted by Gasteiger charge is 2.12.